The molecule has 0 atom stereocenters. The van der Waals surface area contributed by atoms with E-state index >= 15 is 0 Å². The fraction of sp³-hybridized carbons (Fsp3) is 0.632. The highest BCUT2D eigenvalue weighted by molar-refractivity contribution is 5.79. The Morgan fingerprint density at radius 3 is 2.52 bits per heavy atom. The van der Waals surface area contributed by atoms with E-state index in [4.69, 9.17) is 4.74 Å². The molecule has 0 aromatic heterocycles. The standard InChI is InChI=1S/C19H32F2N4O2/c1-6-22-19(23-10-11-25(7-2)14(3)4)24-13-15-12-16(26-5)8-9-17(15)27-18(20)21/h8-9,12,14,18H,6-7,10-11,13H2,1-5H3,(H2,22,23,24). The summed E-state index contributed by atoms with van der Waals surface area (Å²) < 4.78 is 35.0. The average Bonchev–Trinajstić information content (AvgIpc) is 2.63. The molecule has 0 radical (unpaired) electrons. The molecule has 1 aromatic rings. The van der Waals surface area contributed by atoms with Crippen molar-refractivity contribution in [2.45, 2.75) is 46.9 Å². The molecule has 0 bridgehead atoms. The van der Waals surface area contributed by atoms with Crippen LogP contribution >= 0.6 is 0 Å². The SMILES string of the molecule is CCNC(=NCc1cc(OC)ccc1OC(F)F)NCCN(CC)C(C)C. The Morgan fingerprint density at radius 2 is 1.96 bits per heavy atom. The highest BCUT2D eigenvalue weighted by atomic mass is 19.3. The number of guanidine groups is 1. The number of rotatable bonds is 11. The van der Waals surface area contributed by atoms with E-state index in [1.807, 2.05) is 6.92 Å². The van der Waals surface area contributed by atoms with Gasteiger partial charge in [0.05, 0.1) is 13.7 Å². The first-order valence-corrected chi connectivity index (χ1v) is 9.29. The number of likely N-dealkylation sites (N-methyl/N-ethyl adjacent to an activating group) is 1. The van der Waals surface area contributed by atoms with Crippen LogP contribution in [0.2, 0.25) is 0 Å². The van der Waals surface area contributed by atoms with E-state index in [0.29, 0.717) is 29.9 Å². The van der Waals surface area contributed by atoms with E-state index < -0.39 is 6.61 Å². The molecule has 0 heterocycles. The molecule has 1 rings (SSSR count). The number of nitrogens with one attached hydrogen (secondary N) is 2. The average molecular weight is 386 g/mol. The lowest BCUT2D eigenvalue weighted by atomic mass is 10.2. The number of ether oxygens (including phenoxy) is 2. The lowest BCUT2D eigenvalue weighted by molar-refractivity contribution is -0.0504. The molecule has 6 nitrogen and oxygen atoms in total. The van der Waals surface area contributed by atoms with E-state index in [1.54, 1.807) is 12.1 Å². The molecule has 0 aliphatic carbocycles. The van der Waals surface area contributed by atoms with Gasteiger partial charge in [0.2, 0.25) is 0 Å². The van der Waals surface area contributed by atoms with Crippen molar-refractivity contribution in [3.63, 3.8) is 0 Å². The van der Waals surface area contributed by atoms with Gasteiger partial charge in [-0.05, 0) is 45.5 Å². The molecule has 27 heavy (non-hydrogen) atoms. The number of alkyl halides is 2. The molecule has 2 N–H and O–H groups in total. The van der Waals surface area contributed by atoms with Crippen LogP contribution in [0.15, 0.2) is 23.2 Å². The van der Waals surface area contributed by atoms with Crippen LogP contribution in [0.4, 0.5) is 8.78 Å². The number of methoxy groups -OCH3 is 1. The van der Waals surface area contributed by atoms with Gasteiger partial charge in [0.25, 0.3) is 0 Å². The van der Waals surface area contributed by atoms with Gasteiger partial charge in [-0.15, -0.1) is 0 Å². The lowest BCUT2D eigenvalue weighted by Gasteiger charge is -2.25. The largest absolute Gasteiger partial charge is 0.497 e. The van der Waals surface area contributed by atoms with Crippen LogP contribution in [-0.4, -0.2) is 56.8 Å². The minimum Gasteiger partial charge on any atom is -0.497 e. The zero-order valence-electron chi connectivity index (χ0n) is 16.9. The fourth-order valence-electron chi connectivity index (χ4n) is 2.62. The smallest absolute Gasteiger partial charge is 0.387 e. The van der Waals surface area contributed by atoms with Crippen molar-refractivity contribution < 1.29 is 18.3 Å². The Balaban J connectivity index is 2.81. The van der Waals surface area contributed by atoms with E-state index in [0.717, 1.165) is 19.6 Å². The first-order chi connectivity index (χ1) is 12.9. The number of hydrogen-bond acceptors (Lipinski definition) is 4. The maximum absolute atomic E-state index is 12.6. The normalized spacial score (nSPS) is 12.0. The Labute approximate surface area is 160 Å². The van der Waals surface area contributed by atoms with E-state index in [1.165, 1.54) is 13.2 Å². The van der Waals surface area contributed by atoms with Crippen LogP contribution in [0.1, 0.15) is 33.3 Å². The first kappa shape index (κ1) is 23.0. The third kappa shape index (κ3) is 8.43. The Bertz CT molecular complexity index is 583. The summed E-state index contributed by atoms with van der Waals surface area (Å²) in [7, 11) is 1.52. The van der Waals surface area contributed by atoms with Gasteiger partial charge in [0.15, 0.2) is 5.96 Å². The molecular weight excluding hydrogens is 354 g/mol. The third-order valence-electron chi connectivity index (χ3n) is 4.06. The second-order valence-corrected chi connectivity index (χ2v) is 6.20. The predicted octanol–water partition coefficient (Wildman–Crippen LogP) is 3.08. The number of nitrogens with zero attached hydrogens (tertiary/aromatic N) is 2. The van der Waals surface area contributed by atoms with Crippen molar-refractivity contribution in [3.05, 3.63) is 23.8 Å². The van der Waals surface area contributed by atoms with Crippen molar-refractivity contribution in [1.29, 1.82) is 0 Å². The highest BCUT2D eigenvalue weighted by Gasteiger charge is 2.11. The van der Waals surface area contributed by atoms with Crippen LogP contribution in [0, 0.1) is 0 Å². The number of hydrogen-bond donors (Lipinski definition) is 2. The van der Waals surface area contributed by atoms with Crippen molar-refractivity contribution in [1.82, 2.24) is 15.5 Å². The molecule has 0 aliphatic heterocycles. The number of halogens is 2. The monoisotopic (exact) mass is 386 g/mol. The van der Waals surface area contributed by atoms with E-state index in [-0.39, 0.29) is 12.3 Å². The van der Waals surface area contributed by atoms with Crippen molar-refractivity contribution in [2.75, 3.05) is 33.3 Å². The molecule has 8 heteroatoms. The number of benzene rings is 1. The second-order valence-electron chi connectivity index (χ2n) is 6.20. The summed E-state index contributed by atoms with van der Waals surface area (Å²) in [6.45, 7) is 9.03. The molecule has 0 fully saturated rings. The van der Waals surface area contributed by atoms with E-state index in [2.05, 4.69) is 46.0 Å². The highest BCUT2D eigenvalue weighted by Crippen LogP contribution is 2.26. The van der Waals surface area contributed by atoms with Gasteiger partial charge < -0.3 is 20.1 Å². The molecule has 0 saturated carbocycles. The van der Waals surface area contributed by atoms with Crippen LogP contribution in [0.3, 0.4) is 0 Å². The summed E-state index contributed by atoms with van der Waals surface area (Å²) in [6.07, 6.45) is 0. The van der Waals surface area contributed by atoms with Crippen LogP contribution in [-0.2, 0) is 6.54 Å². The summed E-state index contributed by atoms with van der Waals surface area (Å²) in [6, 6.07) is 5.18. The summed E-state index contributed by atoms with van der Waals surface area (Å²) in [5, 5.41) is 6.44. The van der Waals surface area contributed by atoms with Crippen molar-refractivity contribution in [2.24, 2.45) is 4.99 Å². The predicted molar refractivity (Wildman–Crippen MR) is 105 cm³/mol. The molecular formula is C19H32F2N4O2. The Hall–Kier alpha value is -2.09. The van der Waals surface area contributed by atoms with Crippen LogP contribution in [0.5, 0.6) is 11.5 Å². The summed E-state index contributed by atoms with van der Waals surface area (Å²) >= 11 is 0. The molecule has 154 valence electrons. The number of aliphatic imine (C=N–C) groups is 1. The van der Waals surface area contributed by atoms with E-state index in [9.17, 15) is 8.78 Å². The first-order valence-electron chi connectivity index (χ1n) is 9.29. The van der Waals surface area contributed by atoms with Gasteiger partial charge in [-0.1, -0.05) is 6.92 Å². The Kier molecular flexibility index (Phi) is 10.5. The quantitative estimate of drug-likeness (QED) is 0.452. The summed E-state index contributed by atoms with van der Waals surface area (Å²) in [5.74, 6) is 1.29. The van der Waals surface area contributed by atoms with Gasteiger partial charge in [-0.25, -0.2) is 4.99 Å². The zero-order chi connectivity index (χ0) is 20.2. The summed E-state index contributed by atoms with van der Waals surface area (Å²) in [4.78, 5) is 6.83. The molecule has 1 aromatic carbocycles. The van der Waals surface area contributed by atoms with Gasteiger partial charge in [0, 0.05) is 31.2 Å². The van der Waals surface area contributed by atoms with Gasteiger partial charge in [-0.3, -0.25) is 4.90 Å². The fourth-order valence-corrected chi connectivity index (χ4v) is 2.62. The van der Waals surface area contributed by atoms with Crippen LogP contribution < -0.4 is 20.1 Å². The van der Waals surface area contributed by atoms with Gasteiger partial charge >= 0.3 is 6.61 Å². The molecule has 0 aliphatic rings. The second kappa shape index (κ2) is 12.3. The Morgan fingerprint density at radius 1 is 1.22 bits per heavy atom. The molecule has 0 saturated heterocycles. The third-order valence-corrected chi connectivity index (χ3v) is 4.06. The van der Waals surface area contributed by atoms with Crippen LogP contribution in [0.25, 0.3) is 0 Å². The maximum atomic E-state index is 12.6. The minimum atomic E-state index is -2.89. The minimum absolute atomic E-state index is 0.0994. The van der Waals surface area contributed by atoms with Gasteiger partial charge in [-0.2, -0.15) is 8.78 Å². The summed E-state index contributed by atoms with van der Waals surface area (Å²) in [5.41, 5.74) is 0.532. The zero-order valence-corrected chi connectivity index (χ0v) is 16.9. The molecule has 0 spiro atoms. The molecule has 0 amide bonds. The van der Waals surface area contributed by atoms with Crippen molar-refractivity contribution >= 4 is 5.96 Å². The molecule has 0 unspecified atom stereocenters. The maximum Gasteiger partial charge on any atom is 0.387 e. The lowest BCUT2D eigenvalue weighted by Crippen LogP contribution is -2.43. The van der Waals surface area contributed by atoms with Gasteiger partial charge in [0.1, 0.15) is 11.5 Å². The van der Waals surface area contributed by atoms with Crippen molar-refractivity contribution in [3.8, 4) is 11.5 Å². The topological polar surface area (TPSA) is 58.1 Å².